The molecule has 0 aliphatic carbocycles. The molecule has 2 atom stereocenters. The van der Waals surface area contributed by atoms with E-state index in [0.29, 0.717) is 36.0 Å². The number of para-hydroxylation sites is 2. The second kappa shape index (κ2) is 8.05. The van der Waals surface area contributed by atoms with Crippen LogP contribution in [-0.4, -0.2) is 22.8 Å². The molecule has 0 saturated heterocycles. The Balaban J connectivity index is 1.40. The monoisotopic (exact) mass is 399 g/mol. The van der Waals surface area contributed by atoms with Crippen molar-refractivity contribution in [2.75, 3.05) is 6.61 Å². The first-order valence-corrected chi connectivity index (χ1v) is 9.96. The molecule has 0 bridgehead atoms. The van der Waals surface area contributed by atoms with E-state index in [9.17, 15) is 5.11 Å². The third-order valence-electron chi connectivity index (χ3n) is 5.14. The second-order valence-electron chi connectivity index (χ2n) is 7.20. The van der Waals surface area contributed by atoms with Crippen molar-refractivity contribution in [3.05, 3.63) is 90.5 Å². The van der Waals surface area contributed by atoms with Gasteiger partial charge in [-0.2, -0.15) is 0 Å². The third-order valence-corrected chi connectivity index (χ3v) is 5.14. The summed E-state index contributed by atoms with van der Waals surface area (Å²) in [5.74, 6) is 2.44. The van der Waals surface area contributed by atoms with E-state index in [1.165, 1.54) is 0 Å². The van der Waals surface area contributed by atoms with E-state index < -0.39 is 12.2 Å². The lowest BCUT2D eigenvalue weighted by atomic mass is 10.0. The maximum atomic E-state index is 11.0. The summed E-state index contributed by atoms with van der Waals surface area (Å²) >= 11 is 0. The fourth-order valence-electron chi connectivity index (χ4n) is 3.62. The summed E-state index contributed by atoms with van der Waals surface area (Å²) in [5.41, 5.74) is 1.51. The topological polar surface area (TPSA) is 60.8 Å². The van der Waals surface area contributed by atoms with Gasteiger partial charge in [0.1, 0.15) is 29.5 Å². The van der Waals surface area contributed by atoms with E-state index in [4.69, 9.17) is 14.2 Å². The molecule has 0 fully saturated rings. The highest BCUT2D eigenvalue weighted by Gasteiger charge is 2.29. The van der Waals surface area contributed by atoms with Crippen LogP contribution in [0.2, 0.25) is 0 Å². The van der Waals surface area contributed by atoms with E-state index in [0.717, 1.165) is 16.7 Å². The van der Waals surface area contributed by atoms with Crippen LogP contribution in [-0.2, 0) is 0 Å². The van der Waals surface area contributed by atoms with E-state index in [2.05, 4.69) is 4.98 Å². The van der Waals surface area contributed by atoms with Crippen LogP contribution in [0.3, 0.4) is 0 Å². The molecular weight excluding hydrogens is 378 g/mol. The van der Waals surface area contributed by atoms with Gasteiger partial charge in [0.15, 0.2) is 0 Å². The van der Waals surface area contributed by atoms with Crippen molar-refractivity contribution in [2.45, 2.75) is 18.6 Å². The molecule has 30 heavy (non-hydrogen) atoms. The van der Waals surface area contributed by atoms with Crippen LogP contribution in [0.1, 0.15) is 18.1 Å². The molecule has 0 spiro atoms. The van der Waals surface area contributed by atoms with Crippen LogP contribution in [0.4, 0.5) is 0 Å². The summed E-state index contributed by atoms with van der Waals surface area (Å²) in [6.07, 6.45) is -0.675. The van der Waals surface area contributed by atoms with Gasteiger partial charge >= 0.3 is 0 Å². The van der Waals surface area contributed by atoms with Crippen LogP contribution in [0.5, 0.6) is 23.1 Å². The van der Waals surface area contributed by atoms with Gasteiger partial charge in [-0.3, -0.25) is 0 Å². The van der Waals surface area contributed by atoms with Crippen molar-refractivity contribution in [3.63, 3.8) is 0 Å². The van der Waals surface area contributed by atoms with Gasteiger partial charge in [0.2, 0.25) is 5.88 Å². The largest absolute Gasteiger partial charge is 0.493 e. The molecule has 1 aliphatic rings. The Morgan fingerprint density at radius 1 is 0.867 bits per heavy atom. The maximum absolute atomic E-state index is 11.0. The average Bonchev–Trinajstić information content (AvgIpc) is 2.93. The summed E-state index contributed by atoms with van der Waals surface area (Å²) in [7, 11) is 0. The summed E-state index contributed by atoms with van der Waals surface area (Å²) in [6.45, 7) is 0.466. The molecular formula is C25H21NO4. The van der Waals surface area contributed by atoms with Crippen LogP contribution in [0.25, 0.3) is 10.9 Å². The lowest BCUT2D eigenvalue weighted by molar-refractivity contribution is 0.0312. The summed E-state index contributed by atoms with van der Waals surface area (Å²) < 4.78 is 17.8. The molecule has 5 rings (SSSR count). The SMILES string of the molecule is O[C@H]1c2cc(Oc3ccc4ccccc4n3)ccc2OCC[C@H]1Oc1ccccc1. The molecule has 0 radical (unpaired) electrons. The Morgan fingerprint density at radius 3 is 2.60 bits per heavy atom. The fourth-order valence-corrected chi connectivity index (χ4v) is 3.62. The lowest BCUT2D eigenvalue weighted by Gasteiger charge is -2.22. The van der Waals surface area contributed by atoms with Gasteiger partial charge in [-0.15, -0.1) is 0 Å². The number of pyridine rings is 1. The summed E-state index contributed by atoms with van der Waals surface area (Å²) in [4.78, 5) is 4.55. The number of fused-ring (bicyclic) bond motifs is 2. The van der Waals surface area contributed by atoms with E-state index in [1.54, 1.807) is 6.07 Å². The smallest absolute Gasteiger partial charge is 0.219 e. The lowest BCUT2D eigenvalue weighted by Crippen LogP contribution is -2.25. The molecule has 2 heterocycles. The number of aliphatic hydroxyl groups excluding tert-OH is 1. The maximum Gasteiger partial charge on any atom is 0.219 e. The van der Waals surface area contributed by atoms with Crippen molar-refractivity contribution < 1.29 is 19.3 Å². The Kier molecular flexibility index (Phi) is 4.95. The Hall–Kier alpha value is -3.57. The number of hydrogen-bond acceptors (Lipinski definition) is 5. The third kappa shape index (κ3) is 3.80. The summed E-state index contributed by atoms with van der Waals surface area (Å²) in [5, 5.41) is 12.1. The first kappa shape index (κ1) is 18.5. The van der Waals surface area contributed by atoms with Crippen LogP contribution in [0, 0.1) is 0 Å². The molecule has 0 unspecified atom stereocenters. The first-order valence-electron chi connectivity index (χ1n) is 9.96. The number of hydrogen-bond donors (Lipinski definition) is 1. The van der Waals surface area contributed by atoms with Crippen LogP contribution in [0.15, 0.2) is 84.9 Å². The highest BCUT2D eigenvalue weighted by Crippen LogP contribution is 2.37. The zero-order valence-corrected chi connectivity index (χ0v) is 16.3. The minimum absolute atomic E-state index is 0.414. The van der Waals surface area contributed by atoms with Crippen molar-refractivity contribution in [1.29, 1.82) is 0 Å². The van der Waals surface area contributed by atoms with Gasteiger partial charge in [-0.1, -0.05) is 36.4 Å². The Bertz CT molecular complexity index is 1160. The molecule has 5 nitrogen and oxygen atoms in total. The predicted octanol–water partition coefficient (Wildman–Crippen LogP) is 5.29. The highest BCUT2D eigenvalue weighted by molar-refractivity contribution is 5.78. The van der Waals surface area contributed by atoms with Crippen LogP contribution < -0.4 is 14.2 Å². The highest BCUT2D eigenvalue weighted by atomic mass is 16.5. The molecule has 4 aromatic rings. The van der Waals surface area contributed by atoms with Crippen molar-refractivity contribution >= 4 is 10.9 Å². The molecule has 1 aliphatic heterocycles. The van der Waals surface area contributed by atoms with Crippen LogP contribution >= 0.6 is 0 Å². The molecule has 5 heteroatoms. The number of rotatable bonds is 4. The number of aliphatic hydroxyl groups is 1. The van der Waals surface area contributed by atoms with E-state index >= 15 is 0 Å². The van der Waals surface area contributed by atoms with Gasteiger partial charge in [0.25, 0.3) is 0 Å². The minimum atomic E-state index is -0.837. The Labute approximate surface area is 174 Å². The minimum Gasteiger partial charge on any atom is -0.493 e. The standard InChI is InChI=1S/C25H21NO4/c27-25-20-16-19(30-24-13-10-17-6-4-5-9-21(17)26-24)11-12-22(20)28-15-14-23(25)29-18-7-2-1-3-8-18/h1-13,16,23,25,27H,14-15H2/t23-,25+/m1/s1. The number of benzene rings is 3. The Morgan fingerprint density at radius 2 is 1.70 bits per heavy atom. The zero-order valence-electron chi connectivity index (χ0n) is 16.3. The molecule has 1 N–H and O–H groups in total. The van der Waals surface area contributed by atoms with Crippen molar-refractivity contribution in [1.82, 2.24) is 4.98 Å². The van der Waals surface area contributed by atoms with E-state index in [-0.39, 0.29) is 0 Å². The number of ether oxygens (including phenoxy) is 3. The number of nitrogens with zero attached hydrogens (tertiary/aromatic N) is 1. The predicted molar refractivity (Wildman–Crippen MR) is 114 cm³/mol. The molecule has 150 valence electrons. The molecule has 0 saturated carbocycles. The van der Waals surface area contributed by atoms with Gasteiger partial charge in [-0.25, -0.2) is 4.98 Å². The normalized spacial score (nSPS) is 18.2. The van der Waals surface area contributed by atoms with E-state index in [1.807, 2.05) is 78.9 Å². The zero-order chi connectivity index (χ0) is 20.3. The van der Waals surface area contributed by atoms with Gasteiger partial charge in [-0.05, 0) is 42.5 Å². The molecule has 3 aromatic carbocycles. The quantitative estimate of drug-likeness (QED) is 0.505. The molecule has 0 amide bonds. The first-order chi connectivity index (χ1) is 14.8. The fraction of sp³-hybridized carbons (Fsp3) is 0.160. The van der Waals surface area contributed by atoms with Crippen molar-refractivity contribution in [3.8, 4) is 23.1 Å². The summed E-state index contributed by atoms with van der Waals surface area (Å²) in [6, 6.07) is 26.6. The van der Waals surface area contributed by atoms with Gasteiger partial charge < -0.3 is 19.3 Å². The number of aromatic nitrogens is 1. The van der Waals surface area contributed by atoms with Gasteiger partial charge in [0, 0.05) is 23.4 Å². The average molecular weight is 399 g/mol. The van der Waals surface area contributed by atoms with Gasteiger partial charge in [0.05, 0.1) is 12.1 Å². The molecule has 1 aromatic heterocycles. The second-order valence-corrected chi connectivity index (χ2v) is 7.20. The van der Waals surface area contributed by atoms with Crippen molar-refractivity contribution in [2.24, 2.45) is 0 Å².